The Morgan fingerprint density at radius 3 is 2.12 bits per heavy atom. The van der Waals surface area contributed by atoms with E-state index in [0.717, 1.165) is 6.26 Å². The number of halogens is 2. The van der Waals surface area contributed by atoms with Crippen LogP contribution in [0.25, 0.3) is 0 Å². The standard InChI is InChI=1S/C9H11Cl2NO3S/c1-16(14,15)9(10,11)8(13)6-2-4-7(12)5-3-6/h2-5,8,13H,12H2,1H3. The summed E-state index contributed by atoms with van der Waals surface area (Å²) in [7, 11) is -3.81. The smallest absolute Gasteiger partial charge is 0.247 e. The highest BCUT2D eigenvalue weighted by Gasteiger charge is 2.44. The van der Waals surface area contributed by atoms with Crippen molar-refractivity contribution in [3.05, 3.63) is 29.8 Å². The molecule has 1 atom stereocenters. The molecule has 16 heavy (non-hydrogen) atoms. The minimum atomic E-state index is -3.81. The van der Waals surface area contributed by atoms with Gasteiger partial charge in [-0.05, 0) is 17.7 Å². The zero-order valence-corrected chi connectivity index (χ0v) is 10.7. The molecular weight excluding hydrogens is 273 g/mol. The minimum Gasteiger partial charge on any atom is -0.399 e. The molecule has 0 spiro atoms. The highest BCUT2D eigenvalue weighted by atomic mass is 35.5. The van der Waals surface area contributed by atoms with Crippen LogP contribution in [0.5, 0.6) is 0 Å². The Bertz CT molecular complexity index is 470. The summed E-state index contributed by atoms with van der Waals surface area (Å²) in [6.45, 7) is 0. The first kappa shape index (κ1) is 13.6. The van der Waals surface area contributed by atoms with Crippen molar-refractivity contribution in [1.82, 2.24) is 0 Å². The van der Waals surface area contributed by atoms with E-state index < -0.39 is 19.6 Å². The van der Waals surface area contributed by atoms with Crippen LogP contribution in [-0.4, -0.2) is 23.4 Å². The Kier molecular flexibility index (Phi) is 3.74. The normalized spacial score (nSPS) is 14.8. The summed E-state index contributed by atoms with van der Waals surface area (Å²) in [5.41, 5.74) is 6.23. The minimum absolute atomic E-state index is 0.282. The summed E-state index contributed by atoms with van der Waals surface area (Å²) < 4.78 is 20.3. The number of hydrogen-bond donors (Lipinski definition) is 2. The van der Waals surface area contributed by atoms with Crippen LogP contribution >= 0.6 is 23.2 Å². The molecule has 0 aliphatic carbocycles. The molecule has 1 aromatic rings. The number of aliphatic hydroxyl groups is 1. The topological polar surface area (TPSA) is 80.4 Å². The maximum absolute atomic E-state index is 11.3. The van der Waals surface area contributed by atoms with Gasteiger partial charge in [0.1, 0.15) is 6.10 Å². The van der Waals surface area contributed by atoms with Crippen molar-refractivity contribution < 1.29 is 13.5 Å². The molecule has 1 unspecified atom stereocenters. The number of sulfone groups is 1. The number of nitrogen functional groups attached to an aromatic ring is 1. The van der Waals surface area contributed by atoms with Gasteiger partial charge in [-0.2, -0.15) is 0 Å². The summed E-state index contributed by atoms with van der Waals surface area (Å²) in [4.78, 5) is 0. The highest BCUT2D eigenvalue weighted by Crippen LogP contribution is 2.40. The van der Waals surface area contributed by atoms with E-state index in [1.165, 1.54) is 24.3 Å². The summed E-state index contributed by atoms with van der Waals surface area (Å²) in [6, 6.07) is 5.96. The molecule has 4 nitrogen and oxygen atoms in total. The van der Waals surface area contributed by atoms with E-state index in [0.29, 0.717) is 5.69 Å². The Morgan fingerprint density at radius 2 is 1.75 bits per heavy atom. The maximum atomic E-state index is 11.3. The molecule has 0 saturated carbocycles. The van der Waals surface area contributed by atoms with Gasteiger partial charge in [-0.25, -0.2) is 8.42 Å². The highest BCUT2D eigenvalue weighted by molar-refractivity contribution is 7.94. The summed E-state index contributed by atoms with van der Waals surface area (Å²) in [5, 5.41) is 9.79. The molecule has 0 aromatic heterocycles. The maximum Gasteiger partial charge on any atom is 0.247 e. The summed E-state index contributed by atoms with van der Waals surface area (Å²) >= 11 is 11.3. The molecule has 0 bridgehead atoms. The van der Waals surface area contributed by atoms with Crippen LogP contribution in [0.4, 0.5) is 5.69 Å². The van der Waals surface area contributed by atoms with Crippen LogP contribution in [0.1, 0.15) is 11.7 Å². The lowest BCUT2D eigenvalue weighted by Gasteiger charge is -2.24. The van der Waals surface area contributed by atoms with Crippen molar-refractivity contribution in [2.45, 2.75) is 9.77 Å². The van der Waals surface area contributed by atoms with Crippen LogP contribution in [0, 0.1) is 0 Å². The molecule has 1 rings (SSSR count). The fourth-order valence-corrected chi connectivity index (χ4v) is 1.87. The molecule has 0 fully saturated rings. The number of hydrogen-bond acceptors (Lipinski definition) is 4. The van der Waals surface area contributed by atoms with E-state index in [-0.39, 0.29) is 5.56 Å². The van der Waals surface area contributed by atoms with Crippen molar-refractivity contribution >= 4 is 38.7 Å². The Hall–Kier alpha value is -0.490. The molecule has 7 heteroatoms. The van der Waals surface area contributed by atoms with Gasteiger partial charge in [-0.15, -0.1) is 0 Å². The Labute approximate surface area is 104 Å². The van der Waals surface area contributed by atoms with Gasteiger partial charge in [-0.3, -0.25) is 0 Å². The van der Waals surface area contributed by atoms with Gasteiger partial charge >= 0.3 is 0 Å². The fourth-order valence-electron chi connectivity index (χ4n) is 1.08. The third-order valence-corrected chi connectivity index (χ3v) is 5.37. The second-order valence-corrected chi connectivity index (χ2v) is 7.43. The van der Waals surface area contributed by atoms with Crippen molar-refractivity contribution in [3.63, 3.8) is 0 Å². The van der Waals surface area contributed by atoms with Gasteiger partial charge < -0.3 is 10.8 Å². The van der Waals surface area contributed by atoms with Crippen LogP contribution in [0.15, 0.2) is 24.3 Å². The lowest BCUT2D eigenvalue weighted by Crippen LogP contribution is -2.32. The zero-order valence-electron chi connectivity index (χ0n) is 8.39. The van der Waals surface area contributed by atoms with Crippen LogP contribution in [0.3, 0.4) is 0 Å². The molecule has 0 aliphatic heterocycles. The third-order valence-electron chi connectivity index (χ3n) is 2.06. The number of alkyl halides is 2. The summed E-state index contributed by atoms with van der Waals surface area (Å²) in [6.07, 6.45) is -0.681. The van der Waals surface area contributed by atoms with E-state index in [1.807, 2.05) is 0 Å². The number of benzene rings is 1. The van der Waals surface area contributed by atoms with E-state index in [2.05, 4.69) is 0 Å². The molecule has 0 saturated heterocycles. The second-order valence-electron chi connectivity index (χ2n) is 3.40. The molecule has 3 N–H and O–H groups in total. The van der Waals surface area contributed by atoms with Crippen molar-refractivity contribution in [3.8, 4) is 0 Å². The van der Waals surface area contributed by atoms with Gasteiger partial charge in [0.25, 0.3) is 0 Å². The van der Waals surface area contributed by atoms with E-state index >= 15 is 0 Å². The molecule has 1 aromatic carbocycles. The van der Waals surface area contributed by atoms with Crippen LogP contribution in [-0.2, 0) is 9.84 Å². The van der Waals surface area contributed by atoms with Crippen molar-refractivity contribution in [2.75, 3.05) is 12.0 Å². The van der Waals surface area contributed by atoms with Gasteiger partial charge in [0.15, 0.2) is 9.84 Å². The van der Waals surface area contributed by atoms with E-state index in [9.17, 15) is 13.5 Å². The van der Waals surface area contributed by atoms with Crippen molar-refractivity contribution in [2.24, 2.45) is 0 Å². The largest absolute Gasteiger partial charge is 0.399 e. The predicted molar refractivity (Wildman–Crippen MR) is 65.1 cm³/mol. The number of rotatable bonds is 3. The number of nitrogens with two attached hydrogens (primary N) is 1. The first-order chi connectivity index (χ1) is 7.16. The van der Waals surface area contributed by atoms with Gasteiger partial charge in [0, 0.05) is 11.9 Å². The first-order valence-corrected chi connectivity index (χ1v) is 6.92. The number of anilines is 1. The number of aliphatic hydroxyl groups excluding tert-OH is 1. The SMILES string of the molecule is CS(=O)(=O)C(Cl)(Cl)C(O)c1ccc(N)cc1. The van der Waals surface area contributed by atoms with Crippen LogP contribution < -0.4 is 5.73 Å². The monoisotopic (exact) mass is 283 g/mol. The van der Waals surface area contributed by atoms with E-state index in [4.69, 9.17) is 28.9 Å². The predicted octanol–water partition coefficient (Wildman–Crippen LogP) is 1.48. The van der Waals surface area contributed by atoms with Gasteiger partial charge in [-0.1, -0.05) is 35.3 Å². The van der Waals surface area contributed by atoms with Gasteiger partial charge in [0.05, 0.1) is 0 Å². The molecule has 0 amide bonds. The van der Waals surface area contributed by atoms with Crippen LogP contribution in [0.2, 0.25) is 0 Å². The average molecular weight is 284 g/mol. The van der Waals surface area contributed by atoms with E-state index in [1.54, 1.807) is 0 Å². The lowest BCUT2D eigenvalue weighted by atomic mass is 10.1. The Morgan fingerprint density at radius 1 is 1.31 bits per heavy atom. The molecule has 0 radical (unpaired) electrons. The lowest BCUT2D eigenvalue weighted by molar-refractivity contribution is 0.181. The molecule has 0 heterocycles. The average Bonchev–Trinajstić information content (AvgIpc) is 2.16. The van der Waals surface area contributed by atoms with Crippen molar-refractivity contribution in [1.29, 1.82) is 0 Å². The first-order valence-electron chi connectivity index (χ1n) is 4.27. The second kappa shape index (κ2) is 4.41. The molecular formula is C9H11Cl2NO3S. The fraction of sp³-hybridized carbons (Fsp3) is 0.333. The summed E-state index contributed by atoms with van der Waals surface area (Å²) in [5.74, 6) is 0. The zero-order chi connectivity index (χ0) is 12.6. The third kappa shape index (κ3) is 2.60. The Balaban J connectivity index is 3.12. The molecule has 90 valence electrons. The quantitative estimate of drug-likeness (QED) is 0.650. The molecule has 0 aliphatic rings. The van der Waals surface area contributed by atoms with Gasteiger partial charge in [0.2, 0.25) is 3.67 Å².